The van der Waals surface area contributed by atoms with E-state index in [9.17, 15) is 4.79 Å². The Morgan fingerprint density at radius 2 is 2.38 bits per heavy atom. The summed E-state index contributed by atoms with van der Waals surface area (Å²) in [6.45, 7) is 4.54. The van der Waals surface area contributed by atoms with Crippen molar-refractivity contribution in [1.82, 2.24) is 5.32 Å². The molecule has 0 aliphatic rings. The molecule has 0 aliphatic heterocycles. The summed E-state index contributed by atoms with van der Waals surface area (Å²) in [5, 5.41) is 2.77. The Bertz CT molecular complexity index is 184. The molecule has 0 spiro atoms. The number of hydrogen-bond acceptors (Lipinski definition) is 3. The van der Waals surface area contributed by atoms with Crippen molar-refractivity contribution in [2.75, 3.05) is 13.1 Å². The van der Waals surface area contributed by atoms with Crippen molar-refractivity contribution in [1.29, 1.82) is 0 Å². The van der Waals surface area contributed by atoms with E-state index in [1.807, 2.05) is 6.92 Å². The van der Waals surface area contributed by atoms with E-state index < -0.39 is 0 Å². The lowest BCUT2D eigenvalue weighted by molar-refractivity contribution is -0.147. The van der Waals surface area contributed by atoms with Crippen molar-refractivity contribution in [3.05, 3.63) is 0 Å². The van der Waals surface area contributed by atoms with Gasteiger partial charge in [-0.25, -0.2) is 0 Å². The zero-order valence-electron chi connectivity index (χ0n) is 8.30. The van der Waals surface area contributed by atoms with E-state index in [2.05, 4.69) is 18.2 Å². The molecule has 13 heavy (non-hydrogen) atoms. The van der Waals surface area contributed by atoms with Crippen LogP contribution in [0.3, 0.4) is 0 Å². The molecule has 1 N–H and O–H groups in total. The van der Waals surface area contributed by atoms with E-state index in [1.54, 1.807) is 0 Å². The fourth-order valence-electron chi connectivity index (χ4n) is 0.968. The summed E-state index contributed by atoms with van der Waals surface area (Å²) in [4.78, 5) is 11.0. The lowest BCUT2D eigenvalue weighted by Gasteiger charge is -2.11. The molecule has 0 saturated heterocycles. The maximum atomic E-state index is 11.0. The van der Waals surface area contributed by atoms with Crippen molar-refractivity contribution in [3.8, 4) is 12.3 Å². The fraction of sp³-hybridized carbons (Fsp3) is 0.700. The number of carbonyl (C=O) groups excluding carboxylic acids is 1. The molecule has 0 bridgehead atoms. The Balaban J connectivity index is 3.45. The SMILES string of the molecule is C#CCNCC(=O)OC(C)CCC. The van der Waals surface area contributed by atoms with Crippen LogP contribution in [0.15, 0.2) is 0 Å². The van der Waals surface area contributed by atoms with Crippen LogP contribution in [-0.2, 0) is 9.53 Å². The summed E-state index contributed by atoms with van der Waals surface area (Å²) >= 11 is 0. The van der Waals surface area contributed by atoms with Gasteiger partial charge in [0, 0.05) is 0 Å². The Morgan fingerprint density at radius 3 is 2.92 bits per heavy atom. The molecule has 3 heteroatoms. The summed E-state index contributed by atoms with van der Waals surface area (Å²) in [6.07, 6.45) is 6.93. The molecule has 0 aromatic rings. The van der Waals surface area contributed by atoms with Crippen LogP contribution in [0.25, 0.3) is 0 Å². The topological polar surface area (TPSA) is 38.3 Å². The van der Waals surface area contributed by atoms with Crippen molar-refractivity contribution in [2.24, 2.45) is 0 Å². The van der Waals surface area contributed by atoms with Crippen LogP contribution < -0.4 is 5.32 Å². The normalized spacial score (nSPS) is 11.8. The highest BCUT2D eigenvalue weighted by atomic mass is 16.5. The van der Waals surface area contributed by atoms with Gasteiger partial charge in [0.15, 0.2) is 0 Å². The van der Waals surface area contributed by atoms with Crippen molar-refractivity contribution in [3.63, 3.8) is 0 Å². The van der Waals surface area contributed by atoms with Crippen LogP contribution in [-0.4, -0.2) is 25.2 Å². The predicted octanol–water partition coefficient (Wildman–Crippen LogP) is 0.941. The predicted molar refractivity (Wildman–Crippen MR) is 52.2 cm³/mol. The molecule has 0 heterocycles. The molecule has 0 rings (SSSR count). The highest BCUT2D eigenvalue weighted by Gasteiger charge is 2.06. The van der Waals surface area contributed by atoms with Crippen LogP contribution >= 0.6 is 0 Å². The minimum absolute atomic E-state index is 0.00476. The minimum Gasteiger partial charge on any atom is -0.462 e. The first-order chi connectivity index (χ1) is 6.20. The van der Waals surface area contributed by atoms with Crippen LogP contribution in [0.2, 0.25) is 0 Å². The Kier molecular flexibility index (Phi) is 7.04. The maximum absolute atomic E-state index is 11.0. The number of rotatable bonds is 6. The molecule has 3 nitrogen and oxygen atoms in total. The quantitative estimate of drug-likeness (QED) is 0.378. The molecule has 1 unspecified atom stereocenters. The molecular formula is C10H17NO2. The van der Waals surface area contributed by atoms with Crippen LogP contribution in [0.1, 0.15) is 26.7 Å². The maximum Gasteiger partial charge on any atom is 0.320 e. The second-order valence-electron chi connectivity index (χ2n) is 2.90. The van der Waals surface area contributed by atoms with Gasteiger partial charge in [0.25, 0.3) is 0 Å². The lowest BCUT2D eigenvalue weighted by atomic mass is 10.2. The first kappa shape index (κ1) is 12.0. The second kappa shape index (κ2) is 7.63. The summed E-state index contributed by atoms with van der Waals surface area (Å²) in [7, 11) is 0. The van der Waals surface area contributed by atoms with E-state index in [1.165, 1.54) is 0 Å². The molecule has 74 valence electrons. The number of carbonyl (C=O) groups is 1. The van der Waals surface area contributed by atoms with Gasteiger partial charge in [-0.1, -0.05) is 19.3 Å². The third-order valence-corrected chi connectivity index (χ3v) is 1.52. The third-order valence-electron chi connectivity index (χ3n) is 1.52. The van der Waals surface area contributed by atoms with E-state index in [4.69, 9.17) is 11.2 Å². The first-order valence-electron chi connectivity index (χ1n) is 4.54. The highest BCUT2D eigenvalue weighted by molar-refractivity contribution is 5.71. The van der Waals surface area contributed by atoms with E-state index in [0.29, 0.717) is 6.54 Å². The monoisotopic (exact) mass is 183 g/mol. The molecule has 0 aliphatic carbocycles. The van der Waals surface area contributed by atoms with Crippen molar-refractivity contribution in [2.45, 2.75) is 32.8 Å². The summed E-state index contributed by atoms with van der Waals surface area (Å²) < 4.78 is 5.07. The standard InChI is InChI=1S/C10H17NO2/c1-4-6-9(3)13-10(12)8-11-7-5-2/h2,9,11H,4,6-8H2,1,3H3. The zero-order valence-corrected chi connectivity index (χ0v) is 8.30. The van der Waals surface area contributed by atoms with Gasteiger partial charge >= 0.3 is 5.97 Å². The third kappa shape index (κ3) is 7.35. The minimum atomic E-state index is -0.240. The van der Waals surface area contributed by atoms with Crippen molar-refractivity contribution < 1.29 is 9.53 Å². The number of hydrogen-bond donors (Lipinski definition) is 1. The molecule has 1 atom stereocenters. The first-order valence-corrected chi connectivity index (χ1v) is 4.54. The highest BCUT2D eigenvalue weighted by Crippen LogP contribution is 2.00. The number of nitrogens with one attached hydrogen (secondary N) is 1. The van der Waals surface area contributed by atoms with Crippen LogP contribution in [0, 0.1) is 12.3 Å². The molecular weight excluding hydrogens is 166 g/mol. The lowest BCUT2D eigenvalue weighted by Crippen LogP contribution is -2.27. The smallest absolute Gasteiger partial charge is 0.320 e. The van der Waals surface area contributed by atoms with Gasteiger partial charge in [0.2, 0.25) is 0 Å². The van der Waals surface area contributed by atoms with E-state index in [-0.39, 0.29) is 18.6 Å². The largest absolute Gasteiger partial charge is 0.462 e. The van der Waals surface area contributed by atoms with E-state index >= 15 is 0 Å². The number of esters is 1. The average Bonchev–Trinajstić information content (AvgIpc) is 2.05. The van der Waals surface area contributed by atoms with Gasteiger partial charge in [0.05, 0.1) is 19.2 Å². The molecule has 0 aromatic carbocycles. The Morgan fingerprint density at radius 1 is 1.69 bits per heavy atom. The van der Waals surface area contributed by atoms with Gasteiger partial charge in [-0.3, -0.25) is 10.1 Å². The second-order valence-corrected chi connectivity index (χ2v) is 2.90. The van der Waals surface area contributed by atoms with Crippen LogP contribution in [0.4, 0.5) is 0 Å². The Labute approximate surface area is 79.8 Å². The van der Waals surface area contributed by atoms with Gasteiger partial charge in [-0.2, -0.15) is 0 Å². The van der Waals surface area contributed by atoms with Gasteiger partial charge in [-0.15, -0.1) is 6.42 Å². The van der Waals surface area contributed by atoms with Gasteiger partial charge < -0.3 is 4.74 Å². The molecule has 0 amide bonds. The molecule has 0 aromatic heterocycles. The summed E-state index contributed by atoms with van der Waals surface area (Å²) in [5.74, 6) is 2.14. The zero-order chi connectivity index (χ0) is 10.1. The van der Waals surface area contributed by atoms with Gasteiger partial charge in [-0.05, 0) is 13.3 Å². The summed E-state index contributed by atoms with van der Waals surface area (Å²) in [5.41, 5.74) is 0. The average molecular weight is 183 g/mol. The van der Waals surface area contributed by atoms with Gasteiger partial charge in [0.1, 0.15) is 0 Å². The Hall–Kier alpha value is -1.01. The summed E-state index contributed by atoms with van der Waals surface area (Å²) in [6, 6.07) is 0. The van der Waals surface area contributed by atoms with Crippen molar-refractivity contribution >= 4 is 5.97 Å². The molecule has 0 fully saturated rings. The van der Waals surface area contributed by atoms with E-state index in [0.717, 1.165) is 12.8 Å². The molecule has 0 saturated carbocycles. The fourth-order valence-corrected chi connectivity index (χ4v) is 0.968. The number of terminal acetylenes is 1. The molecule has 0 radical (unpaired) electrons. The number of ether oxygens (including phenoxy) is 1. The van der Waals surface area contributed by atoms with Crippen LogP contribution in [0.5, 0.6) is 0 Å².